The van der Waals surface area contributed by atoms with Gasteiger partial charge < -0.3 is 9.15 Å². The van der Waals surface area contributed by atoms with Crippen LogP contribution < -0.4 is 5.43 Å². The summed E-state index contributed by atoms with van der Waals surface area (Å²) in [5.41, 5.74) is 1.78. The van der Waals surface area contributed by atoms with E-state index in [1.165, 1.54) is 19.4 Å². The fourth-order valence-corrected chi connectivity index (χ4v) is 2.24. The minimum absolute atomic E-state index is 0.195. The molecule has 0 aliphatic heterocycles. The van der Waals surface area contributed by atoms with Gasteiger partial charge in [0.15, 0.2) is 0 Å². The number of methoxy groups -OCH3 is 1. The summed E-state index contributed by atoms with van der Waals surface area (Å²) in [6.45, 7) is 2.01. The van der Waals surface area contributed by atoms with E-state index in [4.69, 9.17) is 4.42 Å². The number of aryl methyl sites for hydroxylation is 1. The van der Waals surface area contributed by atoms with Gasteiger partial charge in [0.25, 0.3) is 0 Å². The van der Waals surface area contributed by atoms with E-state index < -0.39 is 5.97 Å². The summed E-state index contributed by atoms with van der Waals surface area (Å²) in [7, 11) is 1.28. The Morgan fingerprint density at radius 2 is 2.10 bits per heavy atom. The van der Waals surface area contributed by atoms with Gasteiger partial charge in [-0.2, -0.15) is 0 Å². The maximum absolute atomic E-state index is 12.6. The highest BCUT2D eigenvalue weighted by molar-refractivity contribution is 5.95. The van der Waals surface area contributed by atoms with Crippen LogP contribution in [0.1, 0.15) is 22.8 Å². The van der Waals surface area contributed by atoms with E-state index in [-0.39, 0.29) is 22.1 Å². The smallest absolute Gasteiger partial charge is 0.339 e. The third kappa shape index (κ3) is 2.16. The zero-order valence-electron chi connectivity index (χ0n) is 11.7. The van der Waals surface area contributed by atoms with E-state index in [9.17, 15) is 9.59 Å². The second kappa shape index (κ2) is 5.01. The molecular formula is C16H13NO4. The molecule has 0 saturated carbocycles. The summed E-state index contributed by atoms with van der Waals surface area (Å²) in [6, 6.07) is 6.95. The molecule has 0 fully saturated rings. The molecule has 3 aromatic rings. The zero-order chi connectivity index (χ0) is 15.0. The second-order valence-electron chi connectivity index (χ2n) is 4.68. The Balaban J connectivity index is 2.35. The van der Waals surface area contributed by atoms with E-state index in [0.29, 0.717) is 11.0 Å². The average molecular weight is 283 g/mol. The van der Waals surface area contributed by atoms with Crippen LogP contribution in [0, 0.1) is 0 Å². The van der Waals surface area contributed by atoms with Crippen LogP contribution >= 0.6 is 0 Å². The number of aromatic nitrogens is 1. The molecule has 0 atom stereocenters. The highest BCUT2D eigenvalue weighted by Crippen LogP contribution is 2.19. The molecule has 2 aromatic heterocycles. The minimum atomic E-state index is -0.536. The number of carbonyl (C=O) groups excluding carboxylic acids is 1. The number of benzene rings is 1. The van der Waals surface area contributed by atoms with Crippen molar-refractivity contribution in [1.29, 1.82) is 0 Å². The van der Waals surface area contributed by atoms with Gasteiger partial charge in [-0.25, -0.2) is 9.78 Å². The Morgan fingerprint density at radius 1 is 1.29 bits per heavy atom. The SMILES string of the molecule is CCc1ccc2oc3ncc(C(=O)OC)cc3c(=O)c2c1. The molecule has 0 spiro atoms. The molecular weight excluding hydrogens is 270 g/mol. The van der Waals surface area contributed by atoms with Gasteiger partial charge in [0.05, 0.1) is 23.4 Å². The van der Waals surface area contributed by atoms with Gasteiger partial charge in [-0.15, -0.1) is 0 Å². The number of carbonyl (C=O) groups is 1. The van der Waals surface area contributed by atoms with Crippen molar-refractivity contribution in [3.05, 3.63) is 51.8 Å². The van der Waals surface area contributed by atoms with Crippen LogP contribution in [0.15, 0.2) is 39.7 Å². The maximum Gasteiger partial charge on any atom is 0.339 e. The highest BCUT2D eigenvalue weighted by atomic mass is 16.5. The van der Waals surface area contributed by atoms with Crippen LogP contribution in [0.5, 0.6) is 0 Å². The molecule has 2 heterocycles. The molecule has 0 aliphatic carbocycles. The van der Waals surface area contributed by atoms with Gasteiger partial charge >= 0.3 is 5.97 Å². The first-order chi connectivity index (χ1) is 10.1. The Hall–Kier alpha value is -2.69. The molecule has 0 amide bonds. The topological polar surface area (TPSA) is 69.4 Å². The lowest BCUT2D eigenvalue weighted by molar-refractivity contribution is 0.0600. The lowest BCUT2D eigenvalue weighted by Gasteiger charge is -2.04. The standard InChI is InChI=1S/C16H13NO4/c1-3-9-4-5-13-11(6-9)14(18)12-7-10(16(19)20-2)8-17-15(12)21-13/h4-8H,3H2,1-2H3. The summed E-state index contributed by atoms with van der Waals surface area (Å²) < 4.78 is 10.3. The van der Waals surface area contributed by atoms with Crippen LogP contribution in [0.2, 0.25) is 0 Å². The Kier molecular flexibility index (Phi) is 3.17. The first-order valence-corrected chi connectivity index (χ1v) is 6.58. The Bertz CT molecular complexity index is 911. The molecule has 0 radical (unpaired) electrons. The fourth-order valence-electron chi connectivity index (χ4n) is 2.24. The van der Waals surface area contributed by atoms with Crippen molar-refractivity contribution in [2.45, 2.75) is 13.3 Å². The summed E-state index contributed by atoms with van der Waals surface area (Å²) in [4.78, 5) is 28.1. The van der Waals surface area contributed by atoms with Crippen molar-refractivity contribution in [2.24, 2.45) is 0 Å². The summed E-state index contributed by atoms with van der Waals surface area (Å²) in [6.07, 6.45) is 2.16. The van der Waals surface area contributed by atoms with Gasteiger partial charge in [-0.3, -0.25) is 4.79 Å². The summed E-state index contributed by atoms with van der Waals surface area (Å²) in [5, 5.41) is 0.768. The number of hydrogen-bond acceptors (Lipinski definition) is 5. The first kappa shape index (κ1) is 13.3. The van der Waals surface area contributed by atoms with Gasteiger partial charge in [-0.1, -0.05) is 13.0 Å². The normalized spacial score (nSPS) is 11.0. The average Bonchev–Trinajstić information content (AvgIpc) is 2.54. The molecule has 0 N–H and O–H groups in total. The number of esters is 1. The Morgan fingerprint density at radius 3 is 2.81 bits per heavy atom. The van der Waals surface area contributed by atoms with E-state index in [2.05, 4.69) is 9.72 Å². The van der Waals surface area contributed by atoms with E-state index in [1.807, 2.05) is 19.1 Å². The fraction of sp³-hybridized carbons (Fsp3) is 0.188. The third-order valence-corrected chi connectivity index (χ3v) is 3.42. The lowest BCUT2D eigenvalue weighted by atomic mass is 10.1. The van der Waals surface area contributed by atoms with Gasteiger partial charge in [0.2, 0.25) is 11.1 Å². The van der Waals surface area contributed by atoms with Crippen molar-refractivity contribution in [3.63, 3.8) is 0 Å². The molecule has 3 rings (SSSR count). The van der Waals surface area contributed by atoms with Crippen molar-refractivity contribution < 1.29 is 13.9 Å². The molecule has 0 saturated heterocycles. The maximum atomic E-state index is 12.6. The van der Waals surface area contributed by atoms with Crippen LogP contribution in [0.25, 0.3) is 22.1 Å². The van der Waals surface area contributed by atoms with Crippen molar-refractivity contribution in [3.8, 4) is 0 Å². The molecule has 0 unspecified atom stereocenters. The number of fused-ring (bicyclic) bond motifs is 2. The van der Waals surface area contributed by atoms with Gasteiger partial charge in [0, 0.05) is 6.20 Å². The molecule has 5 nitrogen and oxygen atoms in total. The van der Waals surface area contributed by atoms with Crippen molar-refractivity contribution >= 4 is 28.0 Å². The zero-order valence-corrected chi connectivity index (χ0v) is 11.7. The van der Waals surface area contributed by atoms with E-state index in [1.54, 1.807) is 6.07 Å². The molecule has 0 aliphatic rings. The molecule has 106 valence electrons. The summed E-state index contributed by atoms with van der Waals surface area (Å²) in [5.74, 6) is -0.536. The number of rotatable bonds is 2. The number of ether oxygens (including phenoxy) is 1. The summed E-state index contributed by atoms with van der Waals surface area (Å²) >= 11 is 0. The molecule has 21 heavy (non-hydrogen) atoms. The van der Waals surface area contributed by atoms with Crippen LogP contribution in [-0.4, -0.2) is 18.1 Å². The van der Waals surface area contributed by atoms with Crippen LogP contribution in [0.4, 0.5) is 0 Å². The molecule has 0 bridgehead atoms. The quantitative estimate of drug-likeness (QED) is 0.534. The van der Waals surface area contributed by atoms with Crippen molar-refractivity contribution in [1.82, 2.24) is 4.98 Å². The van der Waals surface area contributed by atoms with Gasteiger partial charge in [0.1, 0.15) is 5.58 Å². The van der Waals surface area contributed by atoms with Crippen LogP contribution in [0.3, 0.4) is 0 Å². The van der Waals surface area contributed by atoms with E-state index in [0.717, 1.165) is 12.0 Å². The highest BCUT2D eigenvalue weighted by Gasteiger charge is 2.13. The second-order valence-corrected chi connectivity index (χ2v) is 4.68. The number of hydrogen-bond donors (Lipinski definition) is 0. The van der Waals surface area contributed by atoms with Crippen LogP contribution in [-0.2, 0) is 11.2 Å². The lowest BCUT2D eigenvalue weighted by Crippen LogP contribution is -2.07. The predicted molar refractivity (Wildman–Crippen MR) is 78.5 cm³/mol. The Labute approximate surface area is 120 Å². The first-order valence-electron chi connectivity index (χ1n) is 6.58. The molecule has 5 heteroatoms. The van der Waals surface area contributed by atoms with Crippen molar-refractivity contribution in [2.75, 3.05) is 7.11 Å². The molecule has 1 aromatic carbocycles. The van der Waals surface area contributed by atoms with Gasteiger partial charge in [-0.05, 0) is 30.2 Å². The number of nitrogens with zero attached hydrogens (tertiary/aromatic N) is 1. The van der Waals surface area contributed by atoms with E-state index >= 15 is 0 Å². The number of pyridine rings is 1. The third-order valence-electron chi connectivity index (χ3n) is 3.42. The monoisotopic (exact) mass is 283 g/mol. The largest absolute Gasteiger partial charge is 0.465 e. The predicted octanol–water partition coefficient (Wildman–Crippen LogP) is 2.69. The minimum Gasteiger partial charge on any atom is -0.465 e.